The predicted molar refractivity (Wildman–Crippen MR) is 23.8 cm³/mol. The molecule has 0 spiro atoms. The van der Waals surface area contributed by atoms with Gasteiger partial charge in [-0.3, -0.25) is 0 Å². The van der Waals surface area contributed by atoms with Gasteiger partial charge in [0.15, 0.2) is 0 Å². The molecule has 0 bridgehead atoms. The summed E-state index contributed by atoms with van der Waals surface area (Å²) in [5.74, 6) is 0. The van der Waals surface area contributed by atoms with Gasteiger partial charge in [0.1, 0.15) is 0 Å². The summed E-state index contributed by atoms with van der Waals surface area (Å²) in [5.41, 5.74) is 0. The molecule has 0 aromatic rings. The Labute approximate surface area is 97.0 Å². The van der Waals surface area contributed by atoms with Crippen LogP contribution < -0.4 is 59.1 Å². The maximum Gasteiger partial charge on any atom is 1.00 e. The van der Waals surface area contributed by atoms with E-state index in [-0.39, 0.29) is 62.0 Å². The second-order valence-electron chi connectivity index (χ2n) is 0.589. The van der Waals surface area contributed by atoms with Crippen LogP contribution in [0.5, 0.6) is 0 Å². The molecule has 0 atom stereocenters. The van der Waals surface area contributed by atoms with Crippen molar-refractivity contribution in [3.8, 4) is 0 Å². The molecule has 0 aromatic heterocycles. The minimum absolute atomic E-state index is 0. The fraction of sp³-hybridized carbons (Fsp3) is 1.00. The van der Waals surface area contributed by atoms with E-state index in [2.05, 4.69) is 9.05 Å². The van der Waals surface area contributed by atoms with Crippen LogP contribution in [0.4, 0.5) is 0 Å². The van der Waals surface area contributed by atoms with Crippen molar-refractivity contribution >= 4 is 8.25 Å². The average Bonchev–Trinajstić information content (AvgIpc) is 1.65. The molecular weight excluding hydrogens is 149 g/mol. The van der Waals surface area contributed by atoms with E-state index in [0.29, 0.717) is 0 Å². The van der Waals surface area contributed by atoms with Crippen molar-refractivity contribution < 1.29 is 75.6 Å². The van der Waals surface area contributed by atoms with Gasteiger partial charge in [0.2, 0.25) is 0 Å². The quantitative estimate of drug-likeness (QED) is 0.298. The third kappa shape index (κ3) is 10.9. The summed E-state index contributed by atoms with van der Waals surface area (Å²) < 4.78 is 18.3. The topological polar surface area (TPSA) is 35.5 Å². The first-order chi connectivity index (χ1) is 2.81. The molecule has 0 N–H and O–H groups in total. The Hall–Kier alpha value is 2.02. The van der Waals surface area contributed by atoms with E-state index in [0.717, 1.165) is 0 Å². The van der Waals surface area contributed by atoms with Gasteiger partial charge in [0.25, 0.3) is 0 Å². The molecule has 0 fully saturated rings. The zero-order valence-electron chi connectivity index (χ0n) is 7.67. The van der Waals surface area contributed by atoms with E-state index in [1.54, 1.807) is 0 Å². The minimum atomic E-state index is -1.83. The van der Waals surface area contributed by atoms with Crippen LogP contribution in [-0.2, 0) is 13.6 Å². The monoisotopic (exact) mass is 157 g/mol. The van der Waals surface area contributed by atoms with Crippen molar-refractivity contribution in [2.45, 2.75) is 0 Å². The molecule has 6 heteroatoms. The van der Waals surface area contributed by atoms with Crippen molar-refractivity contribution in [3.63, 3.8) is 0 Å². The molecular formula is C2H8Na2O3P+. The minimum Gasteiger partial charge on any atom is -1.00 e. The van der Waals surface area contributed by atoms with E-state index in [1.165, 1.54) is 14.2 Å². The summed E-state index contributed by atoms with van der Waals surface area (Å²) in [7, 11) is 0.817. The van der Waals surface area contributed by atoms with Crippen LogP contribution in [0.1, 0.15) is 2.85 Å². The molecule has 0 amide bonds. The second-order valence-corrected chi connectivity index (χ2v) is 1.77. The Morgan fingerprint density at radius 2 is 1.50 bits per heavy atom. The fourth-order valence-corrected chi connectivity index (χ4v) is 0.224. The standard InChI is InChI=1S/C2H6O3P.2Na.2H/c1-4-6(3)5-2;;;;/h1-2H3;;;;/q3*+1;2*-1. The Balaban J connectivity index is -0.0000000208. The first-order valence-electron chi connectivity index (χ1n) is 1.36. The zero-order valence-corrected chi connectivity index (χ0v) is 10.6. The van der Waals surface area contributed by atoms with Gasteiger partial charge in [-0.2, -0.15) is 0 Å². The summed E-state index contributed by atoms with van der Waals surface area (Å²) in [6.45, 7) is 0. The SMILES string of the molecule is CO[P+](=O)OC.[H-].[H-].[Na+].[Na+]. The number of hydrogen-bond acceptors (Lipinski definition) is 3. The van der Waals surface area contributed by atoms with E-state index < -0.39 is 8.25 Å². The molecule has 0 aliphatic rings. The van der Waals surface area contributed by atoms with Crippen LogP contribution in [0, 0.1) is 0 Å². The number of hydrogen-bond donors (Lipinski definition) is 0. The van der Waals surface area contributed by atoms with E-state index >= 15 is 0 Å². The number of rotatable bonds is 2. The molecule has 3 nitrogen and oxygen atoms in total. The van der Waals surface area contributed by atoms with Gasteiger partial charge in [-0.15, -0.1) is 9.05 Å². The molecule has 8 heavy (non-hydrogen) atoms. The Bertz CT molecular complexity index is 60.5. The van der Waals surface area contributed by atoms with Crippen LogP contribution in [0.3, 0.4) is 0 Å². The second kappa shape index (κ2) is 11.8. The Morgan fingerprint density at radius 3 is 1.50 bits per heavy atom. The van der Waals surface area contributed by atoms with Crippen molar-refractivity contribution in [1.82, 2.24) is 0 Å². The molecule has 40 valence electrons. The van der Waals surface area contributed by atoms with Crippen LogP contribution in [0.25, 0.3) is 0 Å². The summed E-state index contributed by atoms with van der Waals surface area (Å²) >= 11 is 0. The molecule has 0 unspecified atom stereocenters. The molecule has 0 aliphatic heterocycles. The Kier molecular flexibility index (Phi) is 24.3. The fourth-order valence-electron chi connectivity index (χ4n) is 0.0745. The van der Waals surface area contributed by atoms with Crippen LogP contribution in [-0.4, -0.2) is 14.2 Å². The van der Waals surface area contributed by atoms with Crippen molar-refractivity contribution in [2.75, 3.05) is 14.2 Å². The molecule has 0 aliphatic carbocycles. The zero-order chi connectivity index (χ0) is 4.99. The molecule has 0 rings (SSSR count). The van der Waals surface area contributed by atoms with E-state index in [4.69, 9.17) is 0 Å². The summed E-state index contributed by atoms with van der Waals surface area (Å²) in [5, 5.41) is 0. The smallest absolute Gasteiger partial charge is 1.00 e. The first-order valence-corrected chi connectivity index (χ1v) is 2.46. The van der Waals surface area contributed by atoms with Gasteiger partial charge in [-0.05, 0) is 0 Å². The van der Waals surface area contributed by atoms with Gasteiger partial charge in [-0.1, -0.05) is 0 Å². The van der Waals surface area contributed by atoms with Crippen molar-refractivity contribution in [3.05, 3.63) is 0 Å². The van der Waals surface area contributed by atoms with E-state index in [1.807, 2.05) is 0 Å². The predicted octanol–water partition coefficient (Wildman–Crippen LogP) is -4.83. The van der Waals surface area contributed by atoms with Crippen LogP contribution in [0.2, 0.25) is 0 Å². The molecule has 0 heterocycles. The van der Waals surface area contributed by atoms with Crippen LogP contribution in [0.15, 0.2) is 0 Å². The Morgan fingerprint density at radius 1 is 1.25 bits per heavy atom. The summed E-state index contributed by atoms with van der Waals surface area (Å²) in [6, 6.07) is 0. The van der Waals surface area contributed by atoms with Crippen molar-refractivity contribution in [2.24, 2.45) is 0 Å². The van der Waals surface area contributed by atoms with Gasteiger partial charge in [-0.25, -0.2) is 0 Å². The van der Waals surface area contributed by atoms with Gasteiger partial charge in [0, 0.05) is 4.57 Å². The van der Waals surface area contributed by atoms with Crippen LogP contribution >= 0.6 is 8.25 Å². The summed E-state index contributed by atoms with van der Waals surface area (Å²) in [4.78, 5) is 0. The maximum atomic E-state index is 9.88. The van der Waals surface area contributed by atoms with Gasteiger partial charge < -0.3 is 2.85 Å². The molecule has 0 saturated carbocycles. The molecule has 0 saturated heterocycles. The maximum absolute atomic E-state index is 9.88. The first kappa shape index (κ1) is 16.5. The third-order valence-corrected chi connectivity index (χ3v) is 0.894. The van der Waals surface area contributed by atoms with E-state index in [9.17, 15) is 4.57 Å². The largest absolute Gasteiger partial charge is 1.00 e. The van der Waals surface area contributed by atoms with Crippen molar-refractivity contribution in [1.29, 1.82) is 0 Å². The summed E-state index contributed by atoms with van der Waals surface area (Å²) in [6.07, 6.45) is 0. The third-order valence-electron chi connectivity index (χ3n) is 0.298. The molecule has 0 aromatic carbocycles. The average molecular weight is 157 g/mol. The van der Waals surface area contributed by atoms with Gasteiger partial charge in [0.05, 0.1) is 14.2 Å². The van der Waals surface area contributed by atoms with Gasteiger partial charge >= 0.3 is 67.4 Å². The normalized spacial score (nSPS) is 6.25. The molecule has 0 radical (unpaired) electrons.